The number of amides is 1. The highest BCUT2D eigenvalue weighted by Gasteiger charge is 2.52. The van der Waals surface area contributed by atoms with Crippen molar-refractivity contribution in [3.63, 3.8) is 0 Å². The molecule has 4 rings (SSSR count). The number of rotatable bonds is 9. The molecule has 3 aromatic carbocycles. The zero-order chi connectivity index (χ0) is 29.9. The van der Waals surface area contributed by atoms with E-state index in [1.807, 2.05) is 48.5 Å². The van der Waals surface area contributed by atoms with Gasteiger partial charge in [-0.25, -0.2) is 0 Å². The van der Waals surface area contributed by atoms with E-state index in [1.54, 1.807) is 11.0 Å². The van der Waals surface area contributed by atoms with E-state index in [2.05, 4.69) is 64.5 Å². The van der Waals surface area contributed by atoms with Crippen LogP contribution in [0.4, 0.5) is 5.69 Å². The molecule has 0 bridgehead atoms. The Morgan fingerprint density at radius 2 is 1.76 bits per heavy atom. The van der Waals surface area contributed by atoms with Crippen LogP contribution in [0, 0.1) is 17.3 Å². The predicted octanol–water partition coefficient (Wildman–Crippen LogP) is 6.57. The number of anilines is 1. The molecule has 41 heavy (non-hydrogen) atoms. The molecule has 0 saturated heterocycles. The Labute approximate surface area is 252 Å². The summed E-state index contributed by atoms with van der Waals surface area (Å²) in [5.41, 5.74) is 0.353. The second-order valence-electron chi connectivity index (χ2n) is 12.2. The first-order valence-corrected chi connectivity index (χ1v) is 17.8. The van der Waals surface area contributed by atoms with Crippen LogP contribution in [0.25, 0.3) is 10.8 Å². The van der Waals surface area contributed by atoms with Gasteiger partial charge in [-0.05, 0) is 66.1 Å². The molecule has 3 aromatic rings. The summed E-state index contributed by atoms with van der Waals surface area (Å²) < 4.78 is 6.28. The first kappa shape index (κ1) is 31.3. The maximum absolute atomic E-state index is 14.1. The number of hydrogen-bond acceptors (Lipinski definition) is 4. The summed E-state index contributed by atoms with van der Waals surface area (Å²) in [5, 5.41) is 14.6. The lowest BCUT2D eigenvalue weighted by Gasteiger charge is -2.31. The molecule has 0 aliphatic carbocycles. The van der Waals surface area contributed by atoms with Gasteiger partial charge in [0.1, 0.15) is 0 Å². The van der Waals surface area contributed by atoms with Crippen LogP contribution in [0.5, 0.6) is 0 Å². The minimum atomic E-state index is -1.89. The highest BCUT2D eigenvalue weighted by atomic mass is 35.5. The minimum absolute atomic E-state index is 0.0223. The fourth-order valence-corrected chi connectivity index (χ4v) is 6.98. The predicted molar refractivity (Wildman–Crippen MR) is 173 cm³/mol. The second-order valence-corrected chi connectivity index (χ2v) is 14.9. The van der Waals surface area contributed by atoms with Crippen LogP contribution in [0.15, 0.2) is 54.6 Å². The lowest BCUT2D eigenvalue weighted by Crippen LogP contribution is -2.44. The Morgan fingerprint density at radius 1 is 1.07 bits per heavy atom. The van der Waals surface area contributed by atoms with Crippen molar-refractivity contribution >= 4 is 43.0 Å². The van der Waals surface area contributed by atoms with E-state index in [0.29, 0.717) is 46.9 Å². The van der Waals surface area contributed by atoms with Gasteiger partial charge < -0.3 is 19.3 Å². The molecule has 5 nitrogen and oxygen atoms in total. The van der Waals surface area contributed by atoms with E-state index in [9.17, 15) is 9.90 Å². The molecule has 0 saturated carbocycles. The van der Waals surface area contributed by atoms with Crippen molar-refractivity contribution in [3.8, 4) is 11.8 Å². The van der Waals surface area contributed by atoms with E-state index in [-0.39, 0.29) is 17.4 Å². The SMILES string of the molecule is CCN(CC)CCN1C(=O)C(O)(c2ccc3ccccc3c2)c2c(Cl)cc(C#CCC(O[SiH](C)C)C(C)(C)C)cc21. The number of hydrogen-bond donors (Lipinski definition) is 1. The van der Waals surface area contributed by atoms with Gasteiger partial charge in [0, 0.05) is 30.6 Å². The maximum atomic E-state index is 14.1. The molecule has 0 spiro atoms. The van der Waals surface area contributed by atoms with Crippen molar-refractivity contribution in [3.05, 3.63) is 76.3 Å². The minimum Gasteiger partial charge on any atom is -0.416 e. The normalized spacial score (nSPS) is 17.7. The van der Waals surface area contributed by atoms with Crippen LogP contribution in [0.2, 0.25) is 18.1 Å². The zero-order valence-electron chi connectivity index (χ0n) is 25.4. The van der Waals surface area contributed by atoms with Crippen LogP contribution < -0.4 is 4.90 Å². The van der Waals surface area contributed by atoms with Gasteiger partial charge in [-0.3, -0.25) is 4.79 Å². The van der Waals surface area contributed by atoms with Gasteiger partial charge in [0.05, 0.1) is 16.8 Å². The van der Waals surface area contributed by atoms with Gasteiger partial charge in [-0.1, -0.05) is 94.5 Å². The second kappa shape index (κ2) is 12.7. The third-order valence-electron chi connectivity index (χ3n) is 7.90. The third kappa shape index (κ3) is 6.55. The highest BCUT2D eigenvalue weighted by Crippen LogP contribution is 2.48. The van der Waals surface area contributed by atoms with E-state index in [0.717, 1.165) is 23.9 Å². The standard InChI is InChI=1S/C34H43ClN2O3Si/c1-8-36(9-2)19-20-37-29-22-24(13-12-16-30(33(3,4)5)40-41(6)7)21-28(35)31(29)34(39,32(37)38)27-18-17-25-14-10-11-15-26(25)23-27/h10-11,14-15,17-18,21-23,30,39,41H,8-9,16,19-20H2,1-7H3. The Balaban J connectivity index is 1.78. The summed E-state index contributed by atoms with van der Waals surface area (Å²) in [6, 6.07) is 17.2. The fraction of sp³-hybridized carbons (Fsp3) is 0.441. The van der Waals surface area contributed by atoms with Gasteiger partial charge in [0.2, 0.25) is 0 Å². The Bertz CT molecular complexity index is 1470. The molecule has 1 aliphatic heterocycles. The molecule has 1 amide bonds. The van der Waals surface area contributed by atoms with Crippen molar-refractivity contribution < 1.29 is 14.3 Å². The van der Waals surface area contributed by atoms with Gasteiger partial charge in [0.25, 0.3) is 5.91 Å². The van der Waals surface area contributed by atoms with E-state index >= 15 is 0 Å². The lowest BCUT2D eigenvalue weighted by atomic mass is 9.86. The summed E-state index contributed by atoms with van der Waals surface area (Å²) in [7, 11) is -1.23. The number of aliphatic hydroxyl groups is 1. The molecule has 0 aromatic heterocycles. The Morgan fingerprint density at radius 3 is 2.39 bits per heavy atom. The molecule has 2 atom stereocenters. The number of halogens is 1. The van der Waals surface area contributed by atoms with Crippen molar-refractivity contribution in [2.24, 2.45) is 5.41 Å². The average molecular weight is 591 g/mol. The van der Waals surface area contributed by atoms with E-state index in [1.165, 1.54) is 0 Å². The molecule has 7 heteroatoms. The third-order valence-corrected chi connectivity index (χ3v) is 9.07. The van der Waals surface area contributed by atoms with Crippen molar-refractivity contribution in [2.75, 3.05) is 31.1 Å². The van der Waals surface area contributed by atoms with Crippen molar-refractivity contribution in [2.45, 2.75) is 65.8 Å². The molecule has 1 N–H and O–H groups in total. The van der Waals surface area contributed by atoms with Crippen LogP contribution in [0.1, 0.15) is 57.7 Å². The molecule has 1 heterocycles. The quantitative estimate of drug-likeness (QED) is 0.226. The number of fused-ring (bicyclic) bond motifs is 2. The number of carbonyl (C=O) groups is 1. The smallest absolute Gasteiger partial charge is 0.268 e. The molecule has 1 aliphatic rings. The Kier molecular flexibility index (Phi) is 9.68. The summed E-state index contributed by atoms with van der Waals surface area (Å²) in [6.07, 6.45) is 0.645. The van der Waals surface area contributed by atoms with Gasteiger partial charge in [-0.2, -0.15) is 0 Å². The van der Waals surface area contributed by atoms with E-state index < -0.39 is 14.6 Å². The summed E-state index contributed by atoms with van der Waals surface area (Å²) >= 11 is 6.92. The van der Waals surface area contributed by atoms with Crippen LogP contribution in [-0.4, -0.2) is 57.2 Å². The molecule has 0 radical (unpaired) electrons. The maximum Gasteiger partial charge on any atom is 0.268 e. The van der Waals surface area contributed by atoms with Crippen LogP contribution >= 0.6 is 11.6 Å². The van der Waals surface area contributed by atoms with E-state index in [4.69, 9.17) is 16.0 Å². The zero-order valence-corrected chi connectivity index (χ0v) is 27.3. The Hall–Kier alpha value is -2.66. The number of likely N-dealkylation sites (N-methyl/N-ethyl adjacent to an activating group) is 1. The van der Waals surface area contributed by atoms with Crippen LogP contribution in [-0.2, 0) is 14.8 Å². The summed E-state index contributed by atoms with van der Waals surface area (Å²) in [4.78, 5) is 18.1. The first-order valence-electron chi connectivity index (χ1n) is 14.6. The fourth-order valence-electron chi connectivity index (χ4n) is 5.47. The largest absolute Gasteiger partial charge is 0.416 e. The molecule has 0 fully saturated rings. The summed E-state index contributed by atoms with van der Waals surface area (Å²) in [5.74, 6) is 6.21. The number of nitrogens with zero attached hydrogens (tertiary/aromatic N) is 2. The average Bonchev–Trinajstić information content (AvgIpc) is 3.14. The first-order chi connectivity index (χ1) is 19.4. The number of carbonyl (C=O) groups excluding carboxylic acids is 1. The highest BCUT2D eigenvalue weighted by molar-refractivity contribution is 6.48. The molecular formula is C34H43ClN2O3Si. The van der Waals surface area contributed by atoms with Gasteiger partial charge in [-0.15, -0.1) is 0 Å². The molecular weight excluding hydrogens is 548 g/mol. The summed E-state index contributed by atoms with van der Waals surface area (Å²) in [6.45, 7) is 18.0. The van der Waals surface area contributed by atoms with Crippen molar-refractivity contribution in [1.29, 1.82) is 0 Å². The van der Waals surface area contributed by atoms with Gasteiger partial charge >= 0.3 is 0 Å². The molecule has 218 valence electrons. The topological polar surface area (TPSA) is 53.0 Å². The molecule has 2 unspecified atom stereocenters. The lowest BCUT2D eigenvalue weighted by molar-refractivity contribution is -0.132. The van der Waals surface area contributed by atoms with Crippen LogP contribution in [0.3, 0.4) is 0 Å². The van der Waals surface area contributed by atoms with Crippen molar-refractivity contribution in [1.82, 2.24) is 4.90 Å². The monoisotopic (exact) mass is 590 g/mol. The van der Waals surface area contributed by atoms with Gasteiger partial charge in [0.15, 0.2) is 14.6 Å². The number of benzene rings is 3.